The number of hydrogen-bond donors (Lipinski definition) is 2. The maximum absolute atomic E-state index is 12.4. The predicted octanol–water partition coefficient (Wildman–Crippen LogP) is 2.90. The highest BCUT2D eigenvalue weighted by atomic mass is 16.5. The molecule has 1 heterocycles. The maximum atomic E-state index is 12.4. The van der Waals surface area contributed by atoms with Crippen LogP contribution in [-0.2, 0) is 4.79 Å². The molecule has 118 valence electrons. The number of ether oxygens (including phenoxy) is 1. The van der Waals surface area contributed by atoms with E-state index in [0.29, 0.717) is 17.0 Å². The van der Waals surface area contributed by atoms with Crippen LogP contribution in [-0.4, -0.2) is 17.9 Å². The molecule has 0 bridgehead atoms. The van der Waals surface area contributed by atoms with E-state index in [9.17, 15) is 9.59 Å². The Morgan fingerprint density at radius 3 is 2.70 bits per heavy atom. The molecule has 0 fully saturated rings. The largest absolute Gasteiger partial charge is 0.479 e. The average Bonchev–Trinajstić information content (AvgIpc) is 2.56. The summed E-state index contributed by atoms with van der Waals surface area (Å²) in [7, 11) is 0. The minimum atomic E-state index is -0.528. The first-order valence-corrected chi connectivity index (χ1v) is 7.52. The van der Waals surface area contributed by atoms with Crippen molar-refractivity contribution in [3.63, 3.8) is 0 Å². The number of benzene rings is 2. The van der Waals surface area contributed by atoms with Gasteiger partial charge in [-0.2, -0.15) is 0 Å². The zero-order valence-electron chi connectivity index (χ0n) is 13.0. The Morgan fingerprint density at radius 2 is 1.96 bits per heavy atom. The van der Waals surface area contributed by atoms with Gasteiger partial charge in [-0.3, -0.25) is 9.59 Å². The Labute approximate surface area is 134 Å². The van der Waals surface area contributed by atoms with Gasteiger partial charge in [0.15, 0.2) is 6.10 Å². The van der Waals surface area contributed by atoms with Gasteiger partial charge >= 0.3 is 0 Å². The van der Waals surface area contributed by atoms with Gasteiger partial charge in [-0.15, -0.1) is 0 Å². The summed E-state index contributed by atoms with van der Waals surface area (Å²) in [4.78, 5) is 24.1. The zero-order chi connectivity index (χ0) is 16.4. The van der Waals surface area contributed by atoms with E-state index in [-0.39, 0.29) is 17.9 Å². The molecule has 2 atom stereocenters. The fourth-order valence-electron chi connectivity index (χ4n) is 2.46. The van der Waals surface area contributed by atoms with Gasteiger partial charge in [0.2, 0.25) is 0 Å². The van der Waals surface area contributed by atoms with Crippen molar-refractivity contribution in [3.05, 3.63) is 59.7 Å². The molecule has 2 aromatic rings. The number of rotatable bonds is 3. The van der Waals surface area contributed by atoms with E-state index < -0.39 is 6.10 Å². The SMILES string of the molecule is CC1Oc2ccc(C(=O)NC(C)c3ccccc3)cc2NC1=O. The first-order valence-electron chi connectivity index (χ1n) is 7.52. The summed E-state index contributed by atoms with van der Waals surface area (Å²) >= 11 is 0. The van der Waals surface area contributed by atoms with Gasteiger partial charge in [0.05, 0.1) is 11.7 Å². The lowest BCUT2D eigenvalue weighted by Gasteiger charge is -2.23. The highest BCUT2D eigenvalue weighted by molar-refractivity contribution is 6.01. The van der Waals surface area contributed by atoms with Gasteiger partial charge in [0.1, 0.15) is 5.75 Å². The van der Waals surface area contributed by atoms with E-state index in [1.807, 2.05) is 37.3 Å². The van der Waals surface area contributed by atoms with Crippen LogP contribution in [0.5, 0.6) is 5.75 Å². The average molecular weight is 310 g/mol. The van der Waals surface area contributed by atoms with Crippen molar-refractivity contribution >= 4 is 17.5 Å². The molecule has 2 amide bonds. The molecule has 2 N–H and O–H groups in total. The van der Waals surface area contributed by atoms with E-state index >= 15 is 0 Å². The summed E-state index contributed by atoms with van der Waals surface area (Å²) in [5, 5.41) is 5.69. The van der Waals surface area contributed by atoms with Gasteiger partial charge < -0.3 is 15.4 Å². The molecule has 0 spiro atoms. The Morgan fingerprint density at radius 1 is 1.22 bits per heavy atom. The van der Waals surface area contributed by atoms with Crippen LogP contribution in [0.1, 0.15) is 35.8 Å². The summed E-state index contributed by atoms with van der Waals surface area (Å²) in [6.07, 6.45) is -0.528. The summed E-state index contributed by atoms with van der Waals surface area (Å²) in [5.41, 5.74) is 2.03. The number of amides is 2. The highest BCUT2D eigenvalue weighted by Crippen LogP contribution is 2.30. The Hall–Kier alpha value is -2.82. The normalized spacial score (nSPS) is 17.5. The molecule has 2 aromatic carbocycles. The van der Waals surface area contributed by atoms with Crippen LogP contribution in [0.2, 0.25) is 0 Å². The second-order valence-electron chi connectivity index (χ2n) is 5.57. The monoisotopic (exact) mass is 310 g/mol. The minimum absolute atomic E-state index is 0.106. The summed E-state index contributed by atoms with van der Waals surface area (Å²) in [6, 6.07) is 14.7. The molecule has 3 rings (SSSR count). The summed E-state index contributed by atoms with van der Waals surface area (Å²) < 4.78 is 5.49. The second-order valence-corrected chi connectivity index (χ2v) is 5.57. The Kier molecular flexibility index (Phi) is 4.02. The summed E-state index contributed by atoms with van der Waals surface area (Å²) in [5.74, 6) is 0.162. The van der Waals surface area contributed by atoms with Crippen molar-refractivity contribution in [3.8, 4) is 5.75 Å². The molecule has 0 radical (unpaired) electrons. The van der Waals surface area contributed by atoms with E-state index in [1.165, 1.54) is 0 Å². The Balaban J connectivity index is 1.76. The molecule has 1 aliphatic rings. The molecule has 5 nitrogen and oxygen atoms in total. The lowest BCUT2D eigenvalue weighted by Crippen LogP contribution is -2.34. The molecular weight excluding hydrogens is 292 g/mol. The van der Waals surface area contributed by atoms with Crippen molar-refractivity contribution in [2.45, 2.75) is 26.0 Å². The van der Waals surface area contributed by atoms with Crippen LogP contribution in [0.4, 0.5) is 5.69 Å². The van der Waals surface area contributed by atoms with Gasteiger partial charge in [-0.1, -0.05) is 30.3 Å². The third-order valence-electron chi connectivity index (χ3n) is 3.82. The van der Waals surface area contributed by atoms with Crippen molar-refractivity contribution in [1.82, 2.24) is 5.32 Å². The quantitative estimate of drug-likeness (QED) is 0.916. The topological polar surface area (TPSA) is 67.4 Å². The van der Waals surface area contributed by atoms with E-state index in [4.69, 9.17) is 4.74 Å². The third-order valence-corrected chi connectivity index (χ3v) is 3.82. The fourth-order valence-corrected chi connectivity index (χ4v) is 2.46. The van der Waals surface area contributed by atoms with Crippen LogP contribution >= 0.6 is 0 Å². The van der Waals surface area contributed by atoms with Gasteiger partial charge in [-0.25, -0.2) is 0 Å². The number of hydrogen-bond acceptors (Lipinski definition) is 3. The molecule has 23 heavy (non-hydrogen) atoms. The van der Waals surface area contributed by atoms with Crippen LogP contribution in [0.15, 0.2) is 48.5 Å². The number of fused-ring (bicyclic) bond motifs is 1. The molecule has 0 saturated heterocycles. The van der Waals surface area contributed by atoms with Crippen molar-refractivity contribution in [2.24, 2.45) is 0 Å². The highest BCUT2D eigenvalue weighted by Gasteiger charge is 2.24. The van der Waals surface area contributed by atoms with E-state index in [2.05, 4.69) is 10.6 Å². The van der Waals surface area contributed by atoms with E-state index in [1.54, 1.807) is 25.1 Å². The van der Waals surface area contributed by atoms with E-state index in [0.717, 1.165) is 5.56 Å². The number of nitrogens with one attached hydrogen (secondary N) is 2. The molecule has 1 aliphatic heterocycles. The molecule has 5 heteroatoms. The summed E-state index contributed by atoms with van der Waals surface area (Å²) in [6.45, 7) is 3.61. The van der Waals surface area contributed by atoms with Crippen molar-refractivity contribution in [2.75, 3.05) is 5.32 Å². The molecule has 2 unspecified atom stereocenters. The molecule has 0 aromatic heterocycles. The van der Waals surface area contributed by atoms with Gasteiger partial charge in [-0.05, 0) is 37.6 Å². The second kappa shape index (κ2) is 6.12. The smallest absolute Gasteiger partial charge is 0.265 e. The number of anilines is 1. The minimum Gasteiger partial charge on any atom is -0.479 e. The first kappa shape index (κ1) is 15.1. The van der Waals surface area contributed by atoms with Gasteiger partial charge in [0, 0.05) is 5.56 Å². The molecule has 0 saturated carbocycles. The standard InChI is InChI=1S/C18H18N2O3/c1-11(13-6-4-3-5-7-13)19-18(22)14-8-9-16-15(10-14)20-17(21)12(2)23-16/h3-12H,1-2H3,(H,19,22)(H,20,21). The number of carbonyl (C=O) groups excluding carboxylic acids is 2. The lowest BCUT2D eigenvalue weighted by molar-refractivity contribution is -0.122. The van der Waals surface area contributed by atoms with Crippen molar-refractivity contribution in [1.29, 1.82) is 0 Å². The van der Waals surface area contributed by atoms with Crippen LogP contribution in [0.3, 0.4) is 0 Å². The molecular formula is C18H18N2O3. The predicted molar refractivity (Wildman–Crippen MR) is 87.5 cm³/mol. The third kappa shape index (κ3) is 3.18. The van der Waals surface area contributed by atoms with Gasteiger partial charge in [0.25, 0.3) is 11.8 Å². The van der Waals surface area contributed by atoms with Crippen LogP contribution in [0, 0.1) is 0 Å². The van der Waals surface area contributed by atoms with Crippen LogP contribution < -0.4 is 15.4 Å². The fraction of sp³-hybridized carbons (Fsp3) is 0.222. The first-order chi connectivity index (χ1) is 11.0. The van der Waals surface area contributed by atoms with Crippen molar-refractivity contribution < 1.29 is 14.3 Å². The molecule has 0 aliphatic carbocycles. The van der Waals surface area contributed by atoms with Crippen LogP contribution in [0.25, 0.3) is 0 Å². The zero-order valence-corrected chi connectivity index (χ0v) is 13.0. The number of carbonyl (C=O) groups is 2. The Bertz CT molecular complexity index is 743. The lowest BCUT2D eigenvalue weighted by atomic mass is 10.1. The maximum Gasteiger partial charge on any atom is 0.265 e.